The van der Waals surface area contributed by atoms with Gasteiger partial charge in [-0.3, -0.25) is 14.9 Å². The lowest BCUT2D eigenvalue weighted by atomic mass is 10.1. The number of nitrogens with zero attached hydrogens (tertiary/aromatic N) is 2. The Kier molecular flexibility index (Phi) is 6.05. The number of rotatable bonds is 5. The second kappa shape index (κ2) is 8.28. The first-order valence-corrected chi connectivity index (χ1v) is 7.60. The zero-order chi connectivity index (χ0) is 14.9. The summed E-state index contributed by atoms with van der Waals surface area (Å²) >= 11 is 0. The van der Waals surface area contributed by atoms with Gasteiger partial charge >= 0.3 is 0 Å². The molecule has 1 aliphatic rings. The van der Waals surface area contributed by atoms with E-state index in [9.17, 15) is 4.79 Å². The maximum Gasteiger partial charge on any atom is 0.269 e. The molecule has 1 saturated carbocycles. The molecule has 1 fully saturated rings. The van der Waals surface area contributed by atoms with Crippen molar-refractivity contribution < 1.29 is 4.79 Å². The molecule has 1 aliphatic carbocycles. The van der Waals surface area contributed by atoms with Crippen molar-refractivity contribution in [1.29, 1.82) is 0 Å². The van der Waals surface area contributed by atoms with E-state index >= 15 is 0 Å². The molecule has 7 nitrogen and oxygen atoms in total. The van der Waals surface area contributed by atoms with E-state index in [0.29, 0.717) is 30.8 Å². The number of aromatic amines is 1. The average Bonchev–Trinajstić information content (AvgIpc) is 2.90. The van der Waals surface area contributed by atoms with Crippen LogP contribution in [0.5, 0.6) is 0 Å². The van der Waals surface area contributed by atoms with Gasteiger partial charge in [0.1, 0.15) is 5.69 Å². The van der Waals surface area contributed by atoms with Crippen LogP contribution in [0.2, 0.25) is 0 Å². The molecule has 1 amide bonds. The van der Waals surface area contributed by atoms with Crippen molar-refractivity contribution in [2.75, 3.05) is 13.1 Å². The Morgan fingerprint density at radius 2 is 2.14 bits per heavy atom. The predicted octanol–water partition coefficient (Wildman–Crippen LogP) is 0.767. The minimum absolute atomic E-state index is 0.182. The van der Waals surface area contributed by atoms with Crippen LogP contribution in [0.4, 0.5) is 0 Å². The molecule has 0 saturated heterocycles. The van der Waals surface area contributed by atoms with Crippen molar-refractivity contribution >= 4 is 11.9 Å². The van der Waals surface area contributed by atoms with Crippen molar-refractivity contribution in [2.45, 2.75) is 44.6 Å². The lowest BCUT2D eigenvalue weighted by molar-refractivity contribution is 0.0950. The fourth-order valence-corrected chi connectivity index (χ4v) is 2.50. The number of amides is 1. The molecule has 0 spiro atoms. The third kappa shape index (κ3) is 5.45. The molecule has 0 radical (unpaired) electrons. The number of H-pyrrole nitrogens is 1. The number of aromatic nitrogens is 2. The van der Waals surface area contributed by atoms with Crippen molar-refractivity contribution in [3.05, 3.63) is 18.0 Å². The minimum atomic E-state index is -0.182. The van der Waals surface area contributed by atoms with Gasteiger partial charge in [0.2, 0.25) is 0 Å². The van der Waals surface area contributed by atoms with E-state index in [2.05, 4.69) is 25.8 Å². The maximum absolute atomic E-state index is 11.6. The van der Waals surface area contributed by atoms with Crippen LogP contribution >= 0.6 is 0 Å². The topological polar surface area (TPSA) is 108 Å². The van der Waals surface area contributed by atoms with Crippen LogP contribution in [-0.2, 0) is 0 Å². The molecule has 0 bridgehead atoms. The number of carbonyl (C=O) groups is 1. The molecule has 1 heterocycles. The summed E-state index contributed by atoms with van der Waals surface area (Å²) in [5.41, 5.74) is 6.32. The standard InChI is InChI=1S/C14H24N6O/c15-14(19-11-5-3-1-2-4-6-11)17-10-9-16-13(21)12-7-8-18-20-12/h7-8,11H,1-6,9-10H2,(H,16,21)(H,18,20)(H3,15,17,19). The quantitative estimate of drug-likeness (QED) is 0.278. The highest BCUT2D eigenvalue weighted by molar-refractivity contribution is 5.92. The summed E-state index contributed by atoms with van der Waals surface area (Å²) in [4.78, 5) is 15.9. The van der Waals surface area contributed by atoms with Crippen molar-refractivity contribution in [3.8, 4) is 0 Å². The van der Waals surface area contributed by atoms with E-state index in [1.807, 2.05) is 0 Å². The molecular weight excluding hydrogens is 268 g/mol. The first-order chi connectivity index (χ1) is 10.3. The second-order valence-corrected chi connectivity index (χ2v) is 5.33. The predicted molar refractivity (Wildman–Crippen MR) is 82.0 cm³/mol. The van der Waals surface area contributed by atoms with E-state index in [1.165, 1.54) is 25.7 Å². The highest BCUT2D eigenvalue weighted by Crippen LogP contribution is 2.16. The van der Waals surface area contributed by atoms with Gasteiger partial charge in [-0.15, -0.1) is 0 Å². The Morgan fingerprint density at radius 3 is 2.81 bits per heavy atom. The first kappa shape index (κ1) is 15.3. The number of hydrogen-bond donors (Lipinski definition) is 4. The summed E-state index contributed by atoms with van der Waals surface area (Å²) < 4.78 is 0. The van der Waals surface area contributed by atoms with Crippen LogP contribution in [0.1, 0.15) is 49.0 Å². The summed E-state index contributed by atoms with van der Waals surface area (Å²) in [5, 5.41) is 12.4. The monoisotopic (exact) mass is 292 g/mol. The fraction of sp³-hybridized carbons (Fsp3) is 0.643. The highest BCUT2D eigenvalue weighted by Gasteiger charge is 2.12. The number of nitrogens with one attached hydrogen (secondary N) is 3. The lowest BCUT2D eigenvalue weighted by Gasteiger charge is -2.16. The largest absolute Gasteiger partial charge is 0.370 e. The lowest BCUT2D eigenvalue weighted by Crippen LogP contribution is -2.40. The third-order valence-electron chi connectivity index (χ3n) is 3.63. The molecule has 0 unspecified atom stereocenters. The molecule has 1 aromatic heterocycles. The van der Waals surface area contributed by atoms with Crippen molar-refractivity contribution in [1.82, 2.24) is 20.8 Å². The summed E-state index contributed by atoms with van der Waals surface area (Å²) in [5.74, 6) is 0.288. The molecule has 116 valence electrons. The van der Waals surface area contributed by atoms with Crippen molar-refractivity contribution in [2.24, 2.45) is 10.7 Å². The van der Waals surface area contributed by atoms with Crippen LogP contribution < -0.4 is 16.4 Å². The van der Waals surface area contributed by atoms with Gasteiger partial charge in [0.05, 0.1) is 6.54 Å². The summed E-state index contributed by atoms with van der Waals surface area (Å²) in [6, 6.07) is 2.07. The number of guanidine groups is 1. The molecule has 0 aromatic carbocycles. The van der Waals surface area contributed by atoms with Crippen LogP contribution in [0.3, 0.4) is 0 Å². The van der Waals surface area contributed by atoms with Crippen LogP contribution in [0, 0.1) is 0 Å². The van der Waals surface area contributed by atoms with Gasteiger partial charge < -0.3 is 16.4 Å². The van der Waals surface area contributed by atoms with Gasteiger partial charge in [0.15, 0.2) is 5.96 Å². The maximum atomic E-state index is 11.6. The number of aliphatic imine (C=N–C) groups is 1. The van der Waals surface area contributed by atoms with Gasteiger partial charge in [0.25, 0.3) is 5.91 Å². The summed E-state index contributed by atoms with van der Waals surface area (Å²) in [6.07, 6.45) is 9.00. The fourth-order valence-electron chi connectivity index (χ4n) is 2.50. The van der Waals surface area contributed by atoms with Crippen molar-refractivity contribution in [3.63, 3.8) is 0 Å². The molecule has 0 atom stereocenters. The SMILES string of the molecule is NC(=NCCNC(=O)c1ccn[nH]1)NC1CCCCCC1. The third-order valence-corrected chi connectivity index (χ3v) is 3.63. The molecule has 5 N–H and O–H groups in total. The van der Waals surface area contributed by atoms with E-state index in [1.54, 1.807) is 12.3 Å². The first-order valence-electron chi connectivity index (χ1n) is 7.60. The van der Waals surface area contributed by atoms with Gasteiger partial charge in [-0.1, -0.05) is 25.7 Å². The van der Waals surface area contributed by atoms with Gasteiger partial charge in [-0.25, -0.2) is 0 Å². The van der Waals surface area contributed by atoms with E-state index < -0.39 is 0 Å². The smallest absolute Gasteiger partial charge is 0.269 e. The number of carbonyl (C=O) groups excluding carboxylic acids is 1. The molecule has 7 heteroatoms. The van der Waals surface area contributed by atoms with Crippen LogP contribution in [-0.4, -0.2) is 41.2 Å². The van der Waals surface area contributed by atoms with Gasteiger partial charge in [-0.05, 0) is 18.9 Å². The van der Waals surface area contributed by atoms with E-state index in [4.69, 9.17) is 5.73 Å². The molecular formula is C14H24N6O. The molecule has 0 aliphatic heterocycles. The molecule has 1 aromatic rings. The van der Waals surface area contributed by atoms with Crippen LogP contribution in [0.25, 0.3) is 0 Å². The number of nitrogens with two attached hydrogens (primary N) is 1. The normalized spacial score (nSPS) is 17.2. The Bertz CT molecular complexity index is 448. The number of hydrogen-bond acceptors (Lipinski definition) is 3. The zero-order valence-electron chi connectivity index (χ0n) is 12.3. The Labute approximate surface area is 124 Å². The molecule has 21 heavy (non-hydrogen) atoms. The van der Waals surface area contributed by atoms with Gasteiger partial charge in [0, 0.05) is 18.8 Å². The van der Waals surface area contributed by atoms with E-state index in [0.717, 1.165) is 12.8 Å². The van der Waals surface area contributed by atoms with Gasteiger partial charge in [-0.2, -0.15) is 5.10 Å². The highest BCUT2D eigenvalue weighted by atomic mass is 16.1. The molecule has 2 rings (SSSR count). The Balaban J connectivity index is 1.65. The Morgan fingerprint density at radius 1 is 1.38 bits per heavy atom. The van der Waals surface area contributed by atoms with E-state index in [-0.39, 0.29) is 5.91 Å². The summed E-state index contributed by atoms with van der Waals surface area (Å²) in [7, 11) is 0. The Hall–Kier alpha value is -2.05. The van der Waals surface area contributed by atoms with Crippen LogP contribution in [0.15, 0.2) is 17.3 Å². The average molecular weight is 292 g/mol. The zero-order valence-corrected chi connectivity index (χ0v) is 12.3. The summed E-state index contributed by atoms with van der Waals surface area (Å²) in [6.45, 7) is 0.913. The minimum Gasteiger partial charge on any atom is -0.370 e. The second-order valence-electron chi connectivity index (χ2n) is 5.33.